The number of aryl methyl sites for hydroxylation is 1. The van der Waals surface area contributed by atoms with Gasteiger partial charge in [0.2, 0.25) is 0 Å². The largest absolute Gasteiger partial charge is 0.487 e. The molecule has 2 aromatic carbocycles. The van der Waals surface area contributed by atoms with Gasteiger partial charge in [0.1, 0.15) is 17.8 Å². The number of aromatic nitrogens is 1. The van der Waals surface area contributed by atoms with E-state index in [1.165, 1.54) is 0 Å². The maximum atomic E-state index is 13.2. The van der Waals surface area contributed by atoms with E-state index in [9.17, 15) is 4.57 Å². The molecular formula is C20H24NO4P. The molecule has 0 saturated carbocycles. The zero-order chi connectivity index (χ0) is 18.6. The zero-order valence-corrected chi connectivity index (χ0v) is 16.2. The van der Waals surface area contributed by atoms with Crippen molar-refractivity contribution in [3.63, 3.8) is 0 Å². The van der Waals surface area contributed by atoms with Gasteiger partial charge >= 0.3 is 7.60 Å². The summed E-state index contributed by atoms with van der Waals surface area (Å²) in [6.07, 6.45) is 0. The molecule has 0 unspecified atom stereocenters. The number of nitrogens with one attached hydrogen (secondary N) is 1. The second-order valence-corrected chi connectivity index (χ2v) is 7.84. The van der Waals surface area contributed by atoms with Crippen LogP contribution in [0.1, 0.15) is 25.0 Å². The van der Waals surface area contributed by atoms with E-state index in [0.29, 0.717) is 31.0 Å². The Kier molecular flexibility index (Phi) is 5.82. The predicted octanol–water partition coefficient (Wildman–Crippen LogP) is 4.95. The highest BCUT2D eigenvalue weighted by atomic mass is 31.2. The lowest BCUT2D eigenvalue weighted by atomic mass is 10.2. The summed E-state index contributed by atoms with van der Waals surface area (Å²) in [7, 11) is -3.39. The fraction of sp³-hybridized carbons (Fsp3) is 0.300. The first-order valence-corrected chi connectivity index (χ1v) is 10.3. The maximum absolute atomic E-state index is 13.2. The highest BCUT2D eigenvalue weighted by Gasteiger charge is 2.32. The lowest BCUT2D eigenvalue weighted by Crippen LogP contribution is -2.14. The monoisotopic (exact) mass is 373 g/mol. The van der Waals surface area contributed by atoms with Crippen molar-refractivity contribution in [2.45, 2.75) is 27.4 Å². The van der Waals surface area contributed by atoms with E-state index < -0.39 is 7.60 Å². The molecule has 0 radical (unpaired) electrons. The summed E-state index contributed by atoms with van der Waals surface area (Å²) >= 11 is 0. The zero-order valence-electron chi connectivity index (χ0n) is 15.3. The van der Waals surface area contributed by atoms with Crippen molar-refractivity contribution < 1.29 is 18.3 Å². The molecule has 0 saturated heterocycles. The average Bonchev–Trinajstić information content (AvgIpc) is 2.99. The molecule has 0 atom stereocenters. The molecule has 0 aliphatic heterocycles. The number of H-pyrrole nitrogens is 1. The van der Waals surface area contributed by atoms with Gasteiger partial charge in [0, 0.05) is 5.39 Å². The lowest BCUT2D eigenvalue weighted by Gasteiger charge is -2.16. The van der Waals surface area contributed by atoms with Gasteiger partial charge in [-0.05, 0) is 38.0 Å². The van der Waals surface area contributed by atoms with Crippen molar-refractivity contribution in [3.05, 3.63) is 59.7 Å². The first-order chi connectivity index (χ1) is 12.6. The van der Waals surface area contributed by atoms with Gasteiger partial charge in [-0.1, -0.05) is 42.5 Å². The summed E-state index contributed by atoms with van der Waals surface area (Å²) in [6, 6.07) is 15.8. The molecule has 6 heteroatoms. The average molecular weight is 373 g/mol. The standard InChI is InChI=1S/C20H24NO4P/c1-4-24-26(22,25-5-2)20-15(3)17-12-9-13-18(19(17)21-20)23-14-16-10-7-6-8-11-16/h6-13,21H,4-5,14H2,1-3H3. The topological polar surface area (TPSA) is 60.5 Å². The van der Waals surface area contributed by atoms with Crippen LogP contribution >= 0.6 is 7.60 Å². The Morgan fingerprint density at radius 2 is 1.65 bits per heavy atom. The minimum absolute atomic E-state index is 0.309. The molecule has 5 nitrogen and oxygen atoms in total. The quantitative estimate of drug-likeness (QED) is 0.568. The van der Waals surface area contributed by atoms with Gasteiger partial charge < -0.3 is 18.8 Å². The van der Waals surface area contributed by atoms with E-state index in [-0.39, 0.29) is 0 Å². The van der Waals surface area contributed by atoms with Crippen LogP contribution in [0.4, 0.5) is 0 Å². The van der Waals surface area contributed by atoms with Gasteiger partial charge in [0.15, 0.2) is 0 Å². The molecule has 0 aliphatic rings. The van der Waals surface area contributed by atoms with Crippen LogP contribution in [0.25, 0.3) is 10.9 Å². The van der Waals surface area contributed by atoms with Gasteiger partial charge in [0.05, 0.1) is 18.7 Å². The second kappa shape index (κ2) is 8.09. The third-order valence-electron chi connectivity index (χ3n) is 4.14. The van der Waals surface area contributed by atoms with Crippen molar-refractivity contribution in [1.82, 2.24) is 4.98 Å². The number of hydrogen-bond acceptors (Lipinski definition) is 4. The summed E-state index contributed by atoms with van der Waals surface area (Å²) < 4.78 is 30.2. The van der Waals surface area contributed by atoms with Crippen molar-refractivity contribution in [3.8, 4) is 5.75 Å². The fourth-order valence-electron chi connectivity index (χ4n) is 2.95. The van der Waals surface area contributed by atoms with Crippen LogP contribution in [0.5, 0.6) is 5.75 Å². The second-order valence-electron chi connectivity index (χ2n) is 5.88. The molecule has 3 aromatic rings. The molecule has 0 aliphatic carbocycles. The molecule has 1 aromatic heterocycles. The molecule has 1 heterocycles. The SMILES string of the molecule is CCOP(=O)(OCC)c1[nH]c2c(OCc3ccccc3)cccc2c1C. The third-order valence-corrected chi connectivity index (χ3v) is 6.33. The number of fused-ring (bicyclic) bond motifs is 1. The highest BCUT2D eigenvalue weighted by molar-refractivity contribution is 7.62. The molecule has 3 rings (SSSR count). The van der Waals surface area contributed by atoms with Crippen LogP contribution in [0.15, 0.2) is 48.5 Å². The van der Waals surface area contributed by atoms with Crippen molar-refractivity contribution in [1.29, 1.82) is 0 Å². The predicted molar refractivity (Wildman–Crippen MR) is 104 cm³/mol. The van der Waals surface area contributed by atoms with E-state index in [1.54, 1.807) is 13.8 Å². The third kappa shape index (κ3) is 3.70. The number of hydrogen-bond donors (Lipinski definition) is 1. The summed E-state index contributed by atoms with van der Waals surface area (Å²) in [5.74, 6) is 0.709. The summed E-state index contributed by atoms with van der Waals surface area (Å²) in [4.78, 5) is 3.24. The molecule has 0 spiro atoms. The molecule has 0 bridgehead atoms. The number of para-hydroxylation sites is 1. The molecule has 0 amide bonds. The highest BCUT2D eigenvalue weighted by Crippen LogP contribution is 2.48. The fourth-order valence-corrected chi connectivity index (χ4v) is 4.74. The van der Waals surface area contributed by atoms with Gasteiger partial charge in [-0.15, -0.1) is 0 Å². The van der Waals surface area contributed by atoms with Crippen LogP contribution in [0.3, 0.4) is 0 Å². The van der Waals surface area contributed by atoms with Crippen LogP contribution in [0.2, 0.25) is 0 Å². The van der Waals surface area contributed by atoms with E-state index in [1.807, 2.05) is 55.5 Å². The molecular weight excluding hydrogens is 349 g/mol. The number of ether oxygens (including phenoxy) is 1. The Morgan fingerprint density at radius 1 is 0.962 bits per heavy atom. The van der Waals surface area contributed by atoms with Crippen LogP contribution in [-0.2, 0) is 20.2 Å². The maximum Gasteiger partial charge on any atom is 0.377 e. The van der Waals surface area contributed by atoms with Crippen LogP contribution in [0, 0.1) is 6.92 Å². The first-order valence-electron chi connectivity index (χ1n) is 8.76. The van der Waals surface area contributed by atoms with Crippen LogP contribution in [-0.4, -0.2) is 18.2 Å². The van der Waals surface area contributed by atoms with E-state index in [2.05, 4.69) is 4.98 Å². The number of aromatic amines is 1. The molecule has 0 fully saturated rings. The Morgan fingerprint density at radius 3 is 2.31 bits per heavy atom. The van der Waals surface area contributed by atoms with Gasteiger partial charge in [-0.2, -0.15) is 0 Å². The van der Waals surface area contributed by atoms with Crippen molar-refractivity contribution >= 4 is 23.9 Å². The first kappa shape index (κ1) is 18.7. The van der Waals surface area contributed by atoms with Crippen molar-refractivity contribution in [2.24, 2.45) is 0 Å². The van der Waals surface area contributed by atoms with Gasteiger partial charge in [0.25, 0.3) is 0 Å². The lowest BCUT2D eigenvalue weighted by molar-refractivity contribution is 0.229. The Bertz CT molecular complexity index is 910. The van der Waals surface area contributed by atoms with Crippen molar-refractivity contribution in [2.75, 3.05) is 13.2 Å². The minimum Gasteiger partial charge on any atom is -0.487 e. The summed E-state index contributed by atoms with van der Waals surface area (Å²) in [5.41, 5.74) is 3.24. The smallest absolute Gasteiger partial charge is 0.377 e. The summed E-state index contributed by atoms with van der Waals surface area (Å²) in [5, 5.41) is 0.949. The normalized spacial score (nSPS) is 11.8. The van der Waals surface area contributed by atoms with E-state index in [4.69, 9.17) is 13.8 Å². The number of benzene rings is 2. The van der Waals surface area contributed by atoms with Gasteiger partial charge in [-0.3, -0.25) is 4.57 Å². The Balaban J connectivity index is 1.98. The Labute approximate surface area is 153 Å². The number of rotatable bonds is 8. The minimum atomic E-state index is -3.39. The molecule has 1 N–H and O–H groups in total. The van der Waals surface area contributed by atoms with E-state index in [0.717, 1.165) is 22.0 Å². The Hall–Kier alpha value is -2.07. The van der Waals surface area contributed by atoms with Crippen LogP contribution < -0.4 is 10.2 Å². The van der Waals surface area contributed by atoms with Gasteiger partial charge in [-0.25, -0.2) is 0 Å². The molecule has 26 heavy (non-hydrogen) atoms. The molecule has 138 valence electrons. The van der Waals surface area contributed by atoms with E-state index >= 15 is 0 Å². The summed E-state index contributed by atoms with van der Waals surface area (Å²) in [6.45, 7) is 6.60.